The van der Waals surface area contributed by atoms with E-state index in [1.54, 1.807) is 0 Å². The first-order valence-electron chi connectivity index (χ1n) is 7.84. The molecule has 0 spiro atoms. The molecule has 1 fully saturated rings. The standard InChI is InChI=1S/C14H14F2N8O2/c15-9(16)5-17-12-21-10-6(3-8-11(25)22-14(26)20-8)4-18-24(10)13(23-12)19-7-1-2-7/h3-4,7,9,25H,1-2,5H2,(H,17,19,23)(H2,20,22,26). The van der Waals surface area contributed by atoms with E-state index in [4.69, 9.17) is 0 Å². The van der Waals surface area contributed by atoms with Gasteiger partial charge in [0.05, 0.1) is 18.8 Å². The molecule has 3 aromatic heterocycles. The second kappa shape index (κ2) is 6.20. The van der Waals surface area contributed by atoms with E-state index in [-0.39, 0.29) is 29.2 Å². The molecule has 0 radical (unpaired) electrons. The van der Waals surface area contributed by atoms with Gasteiger partial charge in [-0.15, -0.1) is 0 Å². The number of alkyl halides is 2. The number of nitrogens with zero attached hydrogens (tertiary/aromatic N) is 5. The molecule has 3 heterocycles. The largest absolute Gasteiger partial charge is 0.493 e. The van der Waals surface area contributed by atoms with Crippen molar-refractivity contribution >= 4 is 17.7 Å². The topological polar surface area (TPSA) is 136 Å². The molecule has 4 N–H and O–H groups in total. The molecule has 0 bridgehead atoms. The van der Waals surface area contributed by atoms with Gasteiger partial charge in [-0.05, 0) is 18.9 Å². The Labute approximate surface area is 143 Å². The lowest BCUT2D eigenvalue weighted by molar-refractivity contribution is 0.163. The first-order chi connectivity index (χ1) is 12.5. The van der Waals surface area contributed by atoms with E-state index in [9.17, 15) is 18.7 Å². The SMILES string of the molecule is O=c1[nH]c(O)c(C=c2cnn3c(=NC4CC4)nc(NCC(F)F)nc23)[nH]1. The fourth-order valence-corrected chi connectivity index (χ4v) is 2.33. The summed E-state index contributed by atoms with van der Waals surface area (Å²) in [5, 5.41) is 16.8. The van der Waals surface area contributed by atoms with Crippen LogP contribution >= 0.6 is 0 Å². The monoisotopic (exact) mass is 364 g/mol. The summed E-state index contributed by atoms with van der Waals surface area (Å²) in [5.74, 6) is -0.332. The molecule has 0 atom stereocenters. The van der Waals surface area contributed by atoms with Crippen LogP contribution in [-0.2, 0) is 0 Å². The highest BCUT2D eigenvalue weighted by molar-refractivity contribution is 5.57. The summed E-state index contributed by atoms with van der Waals surface area (Å²) < 4.78 is 26.3. The van der Waals surface area contributed by atoms with Crippen LogP contribution in [0.2, 0.25) is 0 Å². The third-order valence-electron chi connectivity index (χ3n) is 3.67. The molecular weight excluding hydrogens is 350 g/mol. The molecular formula is C14H14F2N8O2. The smallest absolute Gasteiger partial charge is 0.326 e. The van der Waals surface area contributed by atoms with E-state index in [2.05, 4.69) is 35.3 Å². The lowest BCUT2D eigenvalue weighted by Gasteiger charge is -2.04. The highest BCUT2D eigenvalue weighted by Gasteiger charge is 2.21. The zero-order valence-electron chi connectivity index (χ0n) is 13.3. The zero-order chi connectivity index (χ0) is 18.3. The Hall–Kier alpha value is -3.31. The Balaban J connectivity index is 1.88. The molecule has 10 nitrogen and oxygen atoms in total. The van der Waals surface area contributed by atoms with Crippen LogP contribution in [0.1, 0.15) is 18.5 Å². The van der Waals surface area contributed by atoms with Crippen LogP contribution in [-0.4, -0.2) is 53.7 Å². The fourth-order valence-electron chi connectivity index (χ4n) is 2.33. The minimum atomic E-state index is -2.56. The molecule has 3 aromatic rings. The first kappa shape index (κ1) is 16.2. The number of aromatic hydroxyl groups is 1. The number of halogens is 2. The van der Waals surface area contributed by atoms with Crippen molar-refractivity contribution in [3.05, 3.63) is 33.2 Å². The van der Waals surface area contributed by atoms with E-state index in [1.165, 1.54) is 16.8 Å². The minimum Gasteiger partial charge on any atom is -0.493 e. The highest BCUT2D eigenvalue weighted by atomic mass is 19.3. The van der Waals surface area contributed by atoms with Gasteiger partial charge < -0.3 is 15.4 Å². The van der Waals surface area contributed by atoms with Gasteiger partial charge in [0.15, 0.2) is 5.65 Å². The lowest BCUT2D eigenvalue weighted by atomic mass is 10.3. The van der Waals surface area contributed by atoms with Crippen molar-refractivity contribution in [1.82, 2.24) is 29.5 Å². The van der Waals surface area contributed by atoms with Crippen LogP contribution in [0.4, 0.5) is 14.7 Å². The average Bonchev–Trinajstić information content (AvgIpc) is 3.22. The van der Waals surface area contributed by atoms with Crippen LogP contribution in [0.25, 0.3) is 11.7 Å². The highest BCUT2D eigenvalue weighted by Crippen LogP contribution is 2.22. The van der Waals surface area contributed by atoms with Gasteiger partial charge in [0.2, 0.25) is 11.8 Å². The number of hydrogen-bond donors (Lipinski definition) is 4. The number of aromatic nitrogens is 6. The molecule has 136 valence electrons. The number of rotatable bonds is 5. The maximum Gasteiger partial charge on any atom is 0.326 e. The molecule has 1 aliphatic carbocycles. The number of fused-ring (bicyclic) bond motifs is 1. The second-order valence-electron chi connectivity index (χ2n) is 5.80. The number of nitrogens with one attached hydrogen (secondary N) is 3. The molecule has 0 unspecified atom stereocenters. The maximum absolute atomic E-state index is 12.5. The van der Waals surface area contributed by atoms with E-state index in [0.717, 1.165) is 12.8 Å². The third kappa shape index (κ3) is 3.25. The maximum atomic E-state index is 12.5. The van der Waals surface area contributed by atoms with Gasteiger partial charge in [0.1, 0.15) is 5.69 Å². The molecule has 1 aliphatic rings. The number of hydrogen-bond acceptors (Lipinski definition) is 7. The van der Waals surface area contributed by atoms with E-state index >= 15 is 0 Å². The predicted octanol–water partition coefficient (Wildman–Crippen LogP) is -0.866. The molecule has 12 heteroatoms. The molecule has 0 aliphatic heterocycles. The lowest BCUT2D eigenvalue weighted by Crippen LogP contribution is -2.25. The molecule has 4 rings (SSSR count). The van der Waals surface area contributed by atoms with Gasteiger partial charge in [0, 0.05) is 5.22 Å². The van der Waals surface area contributed by atoms with Gasteiger partial charge in [-0.1, -0.05) is 0 Å². The Bertz CT molecular complexity index is 1130. The quantitative estimate of drug-likeness (QED) is 0.465. The summed E-state index contributed by atoms with van der Waals surface area (Å²) in [4.78, 5) is 28.6. The third-order valence-corrected chi connectivity index (χ3v) is 3.67. The fraction of sp³-hybridized carbons (Fsp3) is 0.357. The Morgan fingerprint density at radius 1 is 1.42 bits per heavy atom. The molecule has 1 saturated carbocycles. The molecule has 0 saturated heterocycles. The number of anilines is 1. The van der Waals surface area contributed by atoms with Crippen LogP contribution in [0.5, 0.6) is 5.88 Å². The zero-order valence-corrected chi connectivity index (χ0v) is 13.3. The Morgan fingerprint density at radius 2 is 2.23 bits per heavy atom. The Kier molecular flexibility index (Phi) is 3.86. The van der Waals surface area contributed by atoms with Crippen LogP contribution in [0.15, 0.2) is 16.0 Å². The van der Waals surface area contributed by atoms with Gasteiger partial charge in [-0.25, -0.2) is 18.6 Å². The van der Waals surface area contributed by atoms with Crippen molar-refractivity contribution < 1.29 is 13.9 Å². The number of aromatic amines is 2. The Morgan fingerprint density at radius 3 is 2.88 bits per heavy atom. The first-order valence-corrected chi connectivity index (χ1v) is 7.84. The van der Waals surface area contributed by atoms with Gasteiger partial charge in [-0.3, -0.25) is 4.98 Å². The molecule has 26 heavy (non-hydrogen) atoms. The second-order valence-corrected chi connectivity index (χ2v) is 5.80. The van der Waals surface area contributed by atoms with Gasteiger partial charge in [-0.2, -0.15) is 19.6 Å². The summed E-state index contributed by atoms with van der Waals surface area (Å²) in [6.07, 6.45) is 2.22. The molecule has 0 aromatic carbocycles. The van der Waals surface area contributed by atoms with Crippen molar-refractivity contribution in [2.24, 2.45) is 4.99 Å². The van der Waals surface area contributed by atoms with E-state index in [1.807, 2.05) is 0 Å². The van der Waals surface area contributed by atoms with Crippen molar-refractivity contribution in [2.75, 3.05) is 11.9 Å². The van der Waals surface area contributed by atoms with Crippen LogP contribution in [0.3, 0.4) is 0 Å². The number of H-pyrrole nitrogens is 2. The number of imidazole rings is 1. The van der Waals surface area contributed by atoms with E-state index < -0.39 is 18.7 Å². The predicted molar refractivity (Wildman–Crippen MR) is 85.7 cm³/mol. The summed E-state index contributed by atoms with van der Waals surface area (Å²) >= 11 is 0. The van der Waals surface area contributed by atoms with Crippen molar-refractivity contribution in [1.29, 1.82) is 0 Å². The van der Waals surface area contributed by atoms with Gasteiger partial charge in [0.25, 0.3) is 12.0 Å². The van der Waals surface area contributed by atoms with E-state index in [0.29, 0.717) is 10.9 Å². The van der Waals surface area contributed by atoms with Gasteiger partial charge >= 0.3 is 5.69 Å². The van der Waals surface area contributed by atoms with Crippen molar-refractivity contribution in [3.8, 4) is 5.88 Å². The minimum absolute atomic E-state index is 0.000802. The molecule has 0 amide bonds. The van der Waals surface area contributed by atoms with Crippen molar-refractivity contribution in [2.45, 2.75) is 25.3 Å². The summed E-state index contributed by atoms with van der Waals surface area (Å²) in [5.41, 5.74) is 0.133. The summed E-state index contributed by atoms with van der Waals surface area (Å²) in [7, 11) is 0. The average molecular weight is 364 g/mol. The normalized spacial score (nSPS) is 16.1. The summed E-state index contributed by atoms with van der Waals surface area (Å²) in [6.45, 7) is -0.599. The van der Waals surface area contributed by atoms with Crippen molar-refractivity contribution in [3.63, 3.8) is 0 Å². The van der Waals surface area contributed by atoms with Crippen LogP contribution < -0.4 is 21.8 Å². The summed E-state index contributed by atoms with van der Waals surface area (Å²) in [6, 6.07) is 0.137. The van der Waals surface area contributed by atoms with Crippen LogP contribution in [0, 0.1) is 0 Å².